The van der Waals surface area contributed by atoms with Crippen LogP contribution in [0.1, 0.15) is 43.7 Å². The molecule has 0 aliphatic heterocycles. The van der Waals surface area contributed by atoms with Gasteiger partial charge in [0.25, 0.3) is 0 Å². The molecule has 5 rings (SSSR count). The molecule has 0 amide bonds. The van der Waals surface area contributed by atoms with E-state index in [4.69, 9.17) is 0 Å². The summed E-state index contributed by atoms with van der Waals surface area (Å²) in [7, 11) is 0. The van der Waals surface area contributed by atoms with Gasteiger partial charge in [0.1, 0.15) is 0 Å². The van der Waals surface area contributed by atoms with E-state index in [0.717, 1.165) is 6.54 Å². The van der Waals surface area contributed by atoms with Gasteiger partial charge in [0.05, 0.1) is 0 Å². The molecule has 5 aromatic rings. The molecule has 0 aliphatic rings. The van der Waals surface area contributed by atoms with Gasteiger partial charge in [-0.2, -0.15) is 0 Å². The molecule has 0 aliphatic carbocycles. The van der Waals surface area contributed by atoms with E-state index in [9.17, 15) is 0 Å². The number of fused-ring (bicyclic) bond motifs is 4. The van der Waals surface area contributed by atoms with E-state index in [-0.39, 0.29) is 0 Å². The third-order valence-corrected chi connectivity index (χ3v) is 6.31. The topological polar surface area (TPSA) is 4.93 Å². The van der Waals surface area contributed by atoms with Crippen LogP contribution < -0.4 is 0 Å². The highest BCUT2D eigenvalue weighted by molar-refractivity contribution is 6.08. The summed E-state index contributed by atoms with van der Waals surface area (Å²) in [5.41, 5.74) is 5.20. The number of hydrogen-bond donors (Lipinski definition) is 0. The fraction of sp³-hybridized carbons (Fsp3) is 0.200. The van der Waals surface area contributed by atoms with Gasteiger partial charge in [-0.05, 0) is 46.5 Å². The van der Waals surface area contributed by atoms with Gasteiger partial charge >= 0.3 is 0 Å². The first-order valence-electron chi connectivity index (χ1n) is 11.5. The predicted octanol–water partition coefficient (Wildman–Crippen LogP) is 8.70. The number of rotatable bonds is 7. The van der Waals surface area contributed by atoms with Gasteiger partial charge in [-0.3, -0.25) is 0 Å². The average molecular weight is 404 g/mol. The normalized spacial score (nSPS) is 11.9. The van der Waals surface area contributed by atoms with E-state index in [0.29, 0.717) is 0 Å². The zero-order chi connectivity index (χ0) is 21.0. The molecule has 0 N–H and O–H groups in total. The predicted molar refractivity (Wildman–Crippen MR) is 136 cm³/mol. The largest absolute Gasteiger partial charge is 0.340 e. The zero-order valence-corrected chi connectivity index (χ0v) is 18.2. The Balaban J connectivity index is 1.52. The van der Waals surface area contributed by atoms with Crippen LogP contribution in [0.5, 0.6) is 0 Å². The van der Waals surface area contributed by atoms with Crippen molar-refractivity contribution < 1.29 is 0 Å². The summed E-state index contributed by atoms with van der Waals surface area (Å²) in [6, 6.07) is 30.8. The summed E-state index contributed by atoms with van der Waals surface area (Å²) in [6.45, 7) is 3.36. The summed E-state index contributed by atoms with van der Waals surface area (Å²) in [4.78, 5) is 0. The Morgan fingerprint density at radius 2 is 1.42 bits per heavy atom. The van der Waals surface area contributed by atoms with E-state index in [1.807, 2.05) is 0 Å². The Hall–Kier alpha value is -3.32. The van der Waals surface area contributed by atoms with E-state index < -0.39 is 0 Å². The van der Waals surface area contributed by atoms with Crippen LogP contribution in [0.3, 0.4) is 0 Å². The lowest BCUT2D eigenvalue weighted by atomic mass is 10.0. The van der Waals surface area contributed by atoms with Crippen LogP contribution in [-0.4, -0.2) is 4.57 Å². The lowest BCUT2D eigenvalue weighted by Gasteiger charge is -2.07. The molecule has 0 fully saturated rings. The van der Waals surface area contributed by atoms with Crippen molar-refractivity contribution in [3.63, 3.8) is 0 Å². The van der Waals surface area contributed by atoms with Crippen LogP contribution >= 0.6 is 0 Å². The number of nitrogens with zero attached hydrogens (tertiary/aromatic N) is 1. The molecule has 0 unspecified atom stereocenters. The fourth-order valence-corrected chi connectivity index (χ4v) is 4.69. The van der Waals surface area contributed by atoms with Crippen LogP contribution in [0.4, 0.5) is 0 Å². The molecule has 1 aromatic heterocycles. The molecule has 154 valence electrons. The minimum absolute atomic E-state index is 1.09. The highest BCUT2D eigenvalue weighted by Gasteiger charge is 2.10. The van der Waals surface area contributed by atoms with Gasteiger partial charge in [0, 0.05) is 28.4 Å². The molecule has 1 heteroatoms. The van der Waals surface area contributed by atoms with Crippen molar-refractivity contribution in [3.8, 4) is 0 Å². The molecule has 1 heterocycles. The standard InChI is InChI=1S/C30H29N/c1-2-3-4-9-21-31-29-16-8-7-15-27(29)28-22-23(18-20-30(28)31)17-19-25-13-10-12-24-11-5-6-14-26(24)25/h5-8,10-20,22H,2-4,9,21H2,1H3/b19-17+. The number of aromatic nitrogens is 1. The third kappa shape index (κ3) is 3.88. The zero-order valence-electron chi connectivity index (χ0n) is 18.2. The van der Waals surface area contributed by atoms with Crippen molar-refractivity contribution in [1.82, 2.24) is 4.57 Å². The van der Waals surface area contributed by atoms with Gasteiger partial charge in [0.2, 0.25) is 0 Å². The molecular formula is C30H29N. The maximum atomic E-state index is 2.51. The molecular weight excluding hydrogens is 374 g/mol. The first-order chi connectivity index (χ1) is 15.3. The van der Waals surface area contributed by atoms with Crippen molar-refractivity contribution in [2.24, 2.45) is 0 Å². The second-order valence-electron chi connectivity index (χ2n) is 8.41. The highest BCUT2D eigenvalue weighted by Crippen LogP contribution is 2.31. The van der Waals surface area contributed by atoms with Gasteiger partial charge in [-0.1, -0.05) is 105 Å². The van der Waals surface area contributed by atoms with Crippen LogP contribution in [0.25, 0.3) is 44.7 Å². The summed E-state index contributed by atoms with van der Waals surface area (Å²) in [5.74, 6) is 0. The minimum atomic E-state index is 1.09. The molecule has 0 saturated heterocycles. The fourth-order valence-electron chi connectivity index (χ4n) is 4.69. The van der Waals surface area contributed by atoms with Crippen LogP contribution in [-0.2, 0) is 6.54 Å². The molecule has 0 spiro atoms. The molecule has 0 saturated carbocycles. The van der Waals surface area contributed by atoms with E-state index in [2.05, 4.69) is 109 Å². The lowest BCUT2D eigenvalue weighted by molar-refractivity contribution is 0.602. The molecule has 0 radical (unpaired) electrons. The van der Waals surface area contributed by atoms with Crippen LogP contribution in [0, 0.1) is 0 Å². The summed E-state index contributed by atoms with van der Waals surface area (Å²) >= 11 is 0. The Bertz CT molecular complexity index is 1360. The van der Waals surface area contributed by atoms with E-state index in [1.165, 1.54) is 69.4 Å². The van der Waals surface area contributed by atoms with Crippen LogP contribution in [0.2, 0.25) is 0 Å². The maximum absolute atomic E-state index is 2.51. The van der Waals surface area contributed by atoms with Crippen LogP contribution in [0.15, 0.2) is 84.9 Å². The Kier molecular flexibility index (Phi) is 5.58. The van der Waals surface area contributed by atoms with Gasteiger partial charge in [-0.15, -0.1) is 0 Å². The monoisotopic (exact) mass is 403 g/mol. The molecule has 4 aromatic carbocycles. The smallest absolute Gasteiger partial charge is 0.0491 e. The Morgan fingerprint density at radius 3 is 2.32 bits per heavy atom. The van der Waals surface area contributed by atoms with Gasteiger partial charge < -0.3 is 4.57 Å². The molecule has 0 bridgehead atoms. The van der Waals surface area contributed by atoms with E-state index >= 15 is 0 Å². The SMILES string of the molecule is CCCCCCn1c2ccccc2c2cc(/C=C/c3cccc4ccccc34)ccc21. The van der Waals surface area contributed by atoms with Crippen molar-refractivity contribution in [3.05, 3.63) is 96.1 Å². The van der Waals surface area contributed by atoms with Crippen molar-refractivity contribution in [2.45, 2.75) is 39.2 Å². The number of para-hydroxylation sites is 1. The lowest BCUT2D eigenvalue weighted by Crippen LogP contribution is -1.97. The van der Waals surface area contributed by atoms with Crippen molar-refractivity contribution in [2.75, 3.05) is 0 Å². The molecule has 31 heavy (non-hydrogen) atoms. The summed E-state index contributed by atoms with van der Waals surface area (Å²) in [6.07, 6.45) is 9.63. The second-order valence-corrected chi connectivity index (χ2v) is 8.41. The quantitative estimate of drug-likeness (QED) is 0.189. The number of aryl methyl sites for hydroxylation is 1. The van der Waals surface area contributed by atoms with Crippen molar-refractivity contribution in [1.29, 1.82) is 0 Å². The third-order valence-electron chi connectivity index (χ3n) is 6.31. The van der Waals surface area contributed by atoms with Gasteiger partial charge in [0.15, 0.2) is 0 Å². The number of hydrogen-bond acceptors (Lipinski definition) is 0. The Morgan fingerprint density at radius 1 is 0.645 bits per heavy atom. The van der Waals surface area contributed by atoms with Crippen molar-refractivity contribution >= 4 is 44.7 Å². The number of benzene rings is 4. The minimum Gasteiger partial charge on any atom is -0.340 e. The van der Waals surface area contributed by atoms with Gasteiger partial charge in [-0.25, -0.2) is 0 Å². The second kappa shape index (κ2) is 8.81. The summed E-state index contributed by atoms with van der Waals surface area (Å²) < 4.78 is 2.51. The van der Waals surface area contributed by atoms with E-state index in [1.54, 1.807) is 0 Å². The molecule has 1 nitrogen and oxygen atoms in total. The summed E-state index contributed by atoms with van der Waals surface area (Å²) in [5, 5.41) is 5.29. The Labute approximate surface area is 184 Å². The number of unbranched alkanes of at least 4 members (excludes halogenated alkanes) is 3. The first kappa shape index (κ1) is 19.6. The first-order valence-corrected chi connectivity index (χ1v) is 11.5. The maximum Gasteiger partial charge on any atom is 0.0491 e. The average Bonchev–Trinajstić information content (AvgIpc) is 3.13. The highest BCUT2D eigenvalue weighted by atomic mass is 15.0. The molecule has 0 atom stereocenters.